The van der Waals surface area contributed by atoms with E-state index in [4.69, 9.17) is 4.98 Å². The standard InChI is InChI=1S/C39H54N2O2/c1-7-9-17-35-18-13-19-36(41-35)30(5)22-25-38(42)37-27-34(14-10-11-26-40-37)39(43)31(6)21-24-33-16-12-15-32(28(3)8-2)23-20-29(33)4/h11-13,15-16,18-19,26-28,30-31H,7-10,14,17,20-25H2,1-6H3. The summed E-state index contributed by atoms with van der Waals surface area (Å²) in [7, 11) is 0. The zero-order valence-electron chi connectivity index (χ0n) is 27.6. The van der Waals surface area contributed by atoms with E-state index in [1.165, 1.54) is 23.1 Å². The van der Waals surface area contributed by atoms with Crippen LogP contribution in [0.5, 0.6) is 0 Å². The predicted molar refractivity (Wildman–Crippen MR) is 181 cm³/mol. The van der Waals surface area contributed by atoms with Gasteiger partial charge < -0.3 is 0 Å². The second-order valence-electron chi connectivity index (χ2n) is 12.6. The summed E-state index contributed by atoms with van der Waals surface area (Å²) in [5, 5.41) is 0. The number of unbranched alkanes of at least 4 members (excludes halogenated alkanes) is 1. The molecule has 0 spiro atoms. The van der Waals surface area contributed by atoms with Crippen LogP contribution in [0.2, 0.25) is 0 Å². The smallest absolute Gasteiger partial charge is 0.181 e. The number of carbonyl (C=O) groups excluding carboxylic acids is 2. The van der Waals surface area contributed by atoms with Crippen LogP contribution in [0, 0.1) is 11.8 Å². The normalized spacial score (nSPS) is 18.0. The van der Waals surface area contributed by atoms with Crippen LogP contribution in [-0.4, -0.2) is 22.3 Å². The summed E-state index contributed by atoms with van der Waals surface area (Å²) in [5.74, 6) is 0.824. The molecule has 232 valence electrons. The van der Waals surface area contributed by atoms with Crippen molar-refractivity contribution >= 4 is 17.3 Å². The van der Waals surface area contributed by atoms with Crippen LogP contribution in [0.3, 0.4) is 0 Å². The van der Waals surface area contributed by atoms with Gasteiger partial charge in [-0.15, -0.1) is 0 Å². The number of ketones is 2. The number of pyridine rings is 1. The minimum absolute atomic E-state index is 0.0104. The minimum atomic E-state index is -0.109. The molecule has 3 unspecified atom stereocenters. The molecule has 1 aliphatic carbocycles. The summed E-state index contributed by atoms with van der Waals surface area (Å²) in [4.78, 5) is 36.2. The highest BCUT2D eigenvalue weighted by atomic mass is 16.1. The van der Waals surface area contributed by atoms with E-state index in [1.54, 1.807) is 12.3 Å². The molecule has 0 N–H and O–H groups in total. The molecule has 3 atom stereocenters. The molecule has 0 fully saturated rings. The van der Waals surface area contributed by atoms with Crippen molar-refractivity contribution in [3.8, 4) is 0 Å². The third kappa shape index (κ3) is 10.8. The summed E-state index contributed by atoms with van der Waals surface area (Å²) in [6.07, 6.45) is 23.0. The third-order valence-electron chi connectivity index (χ3n) is 9.22. The summed E-state index contributed by atoms with van der Waals surface area (Å²) < 4.78 is 0. The lowest BCUT2D eigenvalue weighted by Crippen LogP contribution is -2.19. The Hall–Kier alpha value is -3.14. The number of rotatable bonds is 15. The third-order valence-corrected chi connectivity index (χ3v) is 9.22. The Labute approximate surface area is 261 Å². The molecule has 1 aliphatic heterocycles. The van der Waals surface area contributed by atoms with Crippen molar-refractivity contribution in [3.05, 3.63) is 88.5 Å². The average Bonchev–Trinajstić information content (AvgIpc) is 2.99. The second kappa shape index (κ2) is 17.9. The van der Waals surface area contributed by atoms with Crippen LogP contribution < -0.4 is 0 Å². The fourth-order valence-electron chi connectivity index (χ4n) is 5.76. The maximum absolute atomic E-state index is 13.6. The van der Waals surface area contributed by atoms with Gasteiger partial charge in [-0.2, -0.15) is 0 Å². The monoisotopic (exact) mass is 582 g/mol. The van der Waals surface area contributed by atoms with E-state index in [9.17, 15) is 9.59 Å². The Kier molecular flexibility index (Phi) is 14.3. The highest BCUT2D eigenvalue weighted by Gasteiger charge is 2.22. The van der Waals surface area contributed by atoms with Crippen LogP contribution in [-0.2, 0) is 16.0 Å². The predicted octanol–water partition coefficient (Wildman–Crippen LogP) is 10.2. The fourth-order valence-corrected chi connectivity index (χ4v) is 5.76. The molecule has 0 amide bonds. The summed E-state index contributed by atoms with van der Waals surface area (Å²) in [6.45, 7) is 13.2. The molecule has 3 rings (SSSR count). The van der Waals surface area contributed by atoms with Crippen LogP contribution in [0.1, 0.15) is 129 Å². The largest absolute Gasteiger partial charge is 0.294 e. The van der Waals surface area contributed by atoms with Gasteiger partial charge in [0.15, 0.2) is 11.6 Å². The molecule has 1 aromatic heterocycles. The average molecular weight is 583 g/mol. The summed E-state index contributed by atoms with van der Waals surface area (Å²) in [6, 6.07) is 6.22. The van der Waals surface area contributed by atoms with Gasteiger partial charge in [-0.1, -0.05) is 82.6 Å². The van der Waals surface area contributed by atoms with Crippen molar-refractivity contribution in [2.45, 2.75) is 125 Å². The van der Waals surface area contributed by atoms with Crippen LogP contribution in [0.25, 0.3) is 0 Å². The van der Waals surface area contributed by atoms with E-state index in [0.29, 0.717) is 30.9 Å². The Morgan fingerprint density at radius 1 is 0.977 bits per heavy atom. The van der Waals surface area contributed by atoms with Crippen molar-refractivity contribution in [1.82, 2.24) is 4.98 Å². The van der Waals surface area contributed by atoms with Gasteiger partial charge in [-0.05, 0) is 112 Å². The number of nitrogens with zero attached hydrogens (tertiary/aromatic N) is 2. The molecular formula is C39H54N2O2. The fraction of sp³-hybridized carbons (Fsp3) is 0.538. The zero-order valence-corrected chi connectivity index (χ0v) is 27.6. The van der Waals surface area contributed by atoms with Gasteiger partial charge in [0.1, 0.15) is 5.71 Å². The molecule has 4 heteroatoms. The van der Waals surface area contributed by atoms with Gasteiger partial charge in [0.2, 0.25) is 0 Å². The maximum atomic E-state index is 13.6. The Balaban J connectivity index is 1.62. The van der Waals surface area contributed by atoms with E-state index >= 15 is 0 Å². The van der Waals surface area contributed by atoms with Crippen molar-refractivity contribution < 1.29 is 9.59 Å². The molecule has 0 aromatic carbocycles. The first kappa shape index (κ1) is 34.4. The number of hydrogen-bond donors (Lipinski definition) is 0. The van der Waals surface area contributed by atoms with E-state index < -0.39 is 0 Å². The molecule has 43 heavy (non-hydrogen) atoms. The number of allylic oxidation sites excluding steroid dienone is 9. The summed E-state index contributed by atoms with van der Waals surface area (Å²) in [5.41, 5.74) is 7.59. The van der Waals surface area contributed by atoms with Gasteiger partial charge in [-0.3, -0.25) is 19.6 Å². The van der Waals surface area contributed by atoms with Crippen LogP contribution in [0.15, 0.2) is 82.1 Å². The molecular weight excluding hydrogens is 528 g/mol. The quantitative estimate of drug-likeness (QED) is 0.207. The molecule has 4 nitrogen and oxygen atoms in total. The van der Waals surface area contributed by atoms with E-state index in [2.05, 4.69) is 76.0 Å². The lowest BCUT2D eigenvalue weighted by molar-refractivity contribution is -0.119. The summed E-state index contributed by atoms with van der Waals surface area (Å²) >= 11 is 0. The number of Topliss-reactive ketones (excluding diaryl/α,β-unsaturated/α-hetero) is 2. The highest BCUT2D eigenvalue weighted by molar-refractivity contribution is 6.45. The van der Waals surface area contributed by atoms with E-state index in [0.717, 1.165) is 68.3 Å². The number of aryl methyl sites for hydroxylation is 1. The lowest BCUT2D eigenvalue weighted by atomic mass is 9.86. The number of aromatic nitrogens is 1. The van der Waals surface area contributed by atoms with Gasteiger partial charge in [0.25, 0.3) is 0 Å². The first-order valence-electron chi connectivity index (χ1n) is 16.8. The zero-order chi connectivity index (χ0) is 31.2. The Bertz CT molecular complexity index is 1290. The van der Waals surface area contributed by atoms with Crippen molar-refractivity contribution in [3.63, 3.8) is 0 Å². The van der Waals surface area contributed by atoms with Gasteiger partial charge >= 0.3 is 0 Å². The Morgan fingerprint density at radius 3 is 2.56 bits per heavy atom. The van der Waals surface area contributed by atoms with Crippen molar-refractivity contribution in [1.29, 1.82) is 0 Å². The lowest BCUT2D eigenvalue weighted by Gasteiger charge is -2.19. The number of aliphatic imine (C=N–C) groups is 1. The number of hydrogen-bond acceptors (Lipinski definition) is 4. The molecule has 0 bridgehead atoms. The van der Waals surface area contributed by atoms with E-state index in [-0.39, 0.29) is 23.4 Å². The van der Waals surface area contributed by atoms with E-state index in [1.807, 2.05) is 13.0 Å². The molecule has 1 aromatic rings. The molecule has 0 radical (unpaired) electrons. The van der Waals surface area contributed by atoms with Crippen molar-refractivity contribution in [2.24, 2.45) is 16.8 Å². The molecule has 2 heterocycles. The first-order valence-corrected chi connectivity index (χ1v) is 16.8. The topological polar surface area (TPSA) is 59.4 Å². The molecule has 2 aliphatic rings. The van der Waals surface area contributed by atoms with Gasteiger partial charge in [0.05, 0.1) is 0 Å². The van der Waals surface area contributed by atoms with Crippen LogP contribution in [0.4, 0.5) is 0 Å². The highest BCUT2D eigenvalue weighted by Crippen LogP contribution is 2.29. The number of carbonyl (C=O) groups is 2. The Morgan fingerprint density at radius 2 is 1.79 bits per heavy atom. The first-order chi connectivity index (χ1) is 20.7. The molecule has 0 saturated carbocycles. The van der Waals surface area contributed by atoms with Gasteiger partial charge in [-0.25, -0.2) is 0 Å². The van der Waals surface area contributed by atoms with Crippen molar-refractivity contribution in [2.75, 3.05) is 0 Å². The second-order valence-corrected chi connectivity index (χ2v) is 12.6. The SMILES string of the molecule is CCCCc1cccc(C(C)CCC(=O)C2=NC=CCCC(C(=O)C(C)CCC3=C(C)CCC(C(C)CC)=CC=C3)=C2)n1. The maximum Gasteiger partial charge on any atom is 0.181 e. The molecule has 0 saturated heterocycles. The van der Waals surface area contributed by atoms with Crippen LogP contribution >= 0.6 is 0 Å². The minimum Gasteiger partial charge on any atom is -0.294 e. The van der Waals surface area contributed by atoms with Gasteiger partial charge in [0, 0.05) is 29.9 Å².